The first-order valence-corrected chi connectivity index (χ1v) is 12.2. The normalized spacial score (nSPS) is 16.5. The van der Waals surface area contributed by atoms with Crippen LogP contribution in [-0.4, -0.2) is 36.6 Å². The number of nitro benzene ring substituents is 1. The molecule has 1 aliphatic heterocycles. The van der Waals surface area contributed by atoms with Crippen molar-refractivity contribution in [3.05, 3.63) is 69.3 Å². The summed E-state index contributed by atoms with van der Waals surface area (Å²) >= 11 is 0. The standard InChI is InChI=1S/C23H29N3O5S/c1-4-18-6-8-19(9-7-18)17(3)24-23(27)20-11-13-25(14-12-20)32(30,31)22-15-21(26(28)29)10-5-16(22)2/h5-10,15,17,20H,4,11-14H2,1-3H3,(H,24,27). The first-order valence-electron chi connectivity index (χ1n) is 10.8. The van der Waals surface area contributed by atoms with Crippen molar-refractivity contribution in [2.75, 3.05) is 13.1 Å². The lowest BCUT2D eigenvalue weighted by Gasteiger charge is -2.31. The van der Waals surface area contributed by atoms with Gasteiger partial charge in [0.2, 0.25) is 15.9 Å². The molecule has 3 rings (SSSR count). The number of amides is 1. The van der Waals surface area contributed by atoms with Crippen molar-refractivity contribution >= 4 is 21.6 Å². The van der Waals surface area contributed by atoms with Crippen LogP contribution in [0, 0.1) is 23.0 Å². The summed E-state index contributed by atoms with van der Waals surface area (Å²) in [5.74, 6) is -0.356. The molecule has 32 heavy (non-hydrogen) atoms. The van der Waals surface area contributed by atoms with Crippen molar-refractivity contribution in [3.63, 3.8) is 0 Å². The molecule has 0 aromatic heterocycles. The molecule has 2 aromatic rings. The number of hydrogen-bond acceptors (Lipinski definition) is 5. The number of aryl methyl sites for hydroxylation is 2. The van der Waals surface area contributed by atoms with Crippen molar-refractivity contribution in [2.24, 2.45) is 5.92 Å². The van der Waals surface area contributed by atoms with Gasteiger partial charge in [-0.1, -0.05) is 37.3 Å². The number of nitro groups is 1. The molecule has 0 aliphatic carbocycles. The summed E-state index contributed by atoms with van der Waals surface area (Å²) in [5.41, 5.74) is 2.46. The van der Waals surface area contributed by atoms with Crippen molar-refractivity contribution in [1.82, 2.24) is 9.62 Å². The van der Waals surface area contributed by atoms with E-state index in [-0.39, 0.29) is 41.5 Å². The van der Waals surface area contributed by atoms with Crippen LogP contribution in [0.4, 0.5) is 5.69 Å². The summed E-state index contributed by atoms with van der Waals surface area (Å²) < 4.78 is 27.5. The van der Waals surface area contributed by atoms with Gasteiger partial charge < -0.3 is 5.32 Å². The first kappa shape index (κ1) is 23.9. The summed E-state index contributed by atoms with van der Waals surface area (Å²) in [4.78, 5) is 23.1. The molecule has 1 heterocycles. The number of rotatable bonds is 7. The maximum absolute atomic E-state index is 13.1. The minimum absolute atomic E-state index is 0.0567. The quantitative estimate of drug-likeness (QED) is 0.501. The van der Waals surface area contributed by atoms with Gasteiger partial charge in [-0.25, -0.2) is 8.42 Å². The van der Waals surface area contributed by atoms with E-state index in [1.807, 2.05) is 19.1 Å². The predicted octanol–water partition coefficient (Wildman–Crippen LogP) is 3.74. The smallest absolute Gasteiger partial charge is 0.270 e. The van der Waals surface area contributed by atoms with Crippen molar-refractivity contribution in [2.45, 2.75) is 51.0 Å². The number of sulfonamides is 1. The average molecular weight is 460 g/mol. The van der Waals surface area contributed by atoms with Crippen LogP contribution in [0.5, 0.6) is 0 Å². The summed E-state index contributed by atoms with van der Waals surface area (Å²) in [6.07, 6.45) is 1.76. The van der Waals surface area contributed by atoms with E-state index in [2.05, 4.69) is 24.4 Å². The lowest BCUT2D eigenvalue weighted by atomic mass is 9.96. The van der Waals surface area contributed by atoms with Crippen LogP contribution in [0.3, 0.4) is 0 Å². The van der Waals surface area contributed by atoms with Crippen LogP contribution in [0.1, 0.15) is 49.4 Å². The van der Waals surface area contributed by atoms with E-state index in [1.54, 1.807) is 6.92 Å². The number of carbonyl (C=O) groups is 1. The molecule has 8 nitrogen and oxygen atoms in total. The fourth-order valence-corrected chi connectivity index (χ4v) is 5.65. The van der Waals surface area contributed by atoms with Gasteiger partial charge in [0.1, 0.15) is 0 Å². The number of carbonyl (C=O) groups excluding carboxylic acids is 1. The second-order valence-corrected chi connectivity index (χ2v) is 10.1. The molecule has 0 spiro atoms. The van der Waals surface area contributed by atoms with Crippen LogP contribution in [0.25, 0.3) is 0 Å². The highest BCUT2D eigenvalue weighted by atomic mass is 32.2. The number of nitrogens with zero attached hydrogens (tertiary/aromatic N) is 2. The summed E-state index contributed by atoms with van der Waals surface area (Å²) in [5, 5.41) is 14.1. The van der Waals surface area contributed by atoms with E-state index in [9.17, 15) is 23.3 Å². The third-order valence-electron chi connectivity index (χ3n) is 6.07. The Morgan fingerprint density at radius 1 is 1.19 bits per heavy atom. The van der Waals surface area contributed by atoms with Gasteiger partial charge in [-0.3, -0.25) is 14.9 Å². The molecule has 1 atom stereocenters. The minimum Gasteiger partial charge on any atom is -0.349 e. The molecule has 0 saturated carbocycles. The number of non-ortho nitro benzene ring substituents is 1. The highest BCUT2D eigenvalue weighted by molar-refractivity contribution is 7.89. The molecule has 1 N–H and O–H groups in total. The van der Waals surface area contributed by atoms with Gasteiger partial charge in [0.25, 0.3) is 5.69 Å². The van der Waals surface area contributed by atoms with Crippen LogP contribution in [0.2, 0.25) is 0 Å². The lowest BCUT2D eigenvalue weighted by molar-refractivity contribution is -0.385. The van der Waals surface area contributed by atoms with Crippen molar-refractivity contribution in [3.8, 4) is 0 Å². The van der Waals surface area contributed by atoms with Gasteiger partial charge in [0, 0.05) is 31.1 Å². The Labute approximate surface area is 188 Å². The molecule has 1 amide bonds. The predicted molar refractivity (Wildman–Crippen MR) is 122 cm³/mol. The monoisotopic (exact) mass is 459 g/mol. The number of piperidine rings is 1. The molecule has 1 saturated heterocycles. The topological polar surface area (TPSA) is 110 Å². The molecule has 0 bridgehead atoms. The average Bonchev–Trinajstić information content (AvgIpc) is 2.79. The molecular weight excluding hydrogens is 430 g/mol. The molecule has 2 aromatic carbocycles. The minimum atomic E-state index is -3.87. The summed E-state index contributed by atoms with van der Waals surface area (Å²) in [6, 6.07) is 11.8. The zero-order valence-electron chi connectivity index (χ0n) is 18.6. The zero-order chi connectivity index (χ0) is 23.5. The van der Waals surface area contributed by atoms with E-state index < -0.39 is 14.9 Å². The molecule has 172 valence electrons. The Bertz CT molecular complexity index is 1090. The van der Waals surface area contributed by atoms with Crippen molar-refractivity contribution < 1.29 is 18.1 Å². The largest absolute Gasteiger partial charge is 0.349 e. The second kappa shape index (κ2) is 9.79. The fraction of sp³-hybridized carbons (Fsp3) is 0.435. The number of benzene rings is 2. The van der Waals surface area contributed by atoms with E-state index >= 15 is 0 Å². The molecule has 0 radical (unpaired) electrons. The van der Waals surface area contributed by atoms with Gasteiger partial charge in [-0.05, 0) is 49.8 Å². The van der Waals surface area contributed by atoms with Crippen LogP contribution < -0.4 is 5.32 Å². The zero-order valence-corrected chi connectivity index (χ0v) is 19.4. The molecule has 9 heteroatoms. The molecule has 1 aliphatic rings. The molecule has 1 fully saturated rings. The van der Waals surface area contributed by atoms with Gasteiger partial charge >= 0.3 is 0 Å². The molecular formula is C23H29N3O5S. The maximum Gasteiger partial charge on any atom is 0.270 e. The Kier molecular flexibility index (Phi) is 7.30. The maximum atomic E-state index is 13.1. The Morgan fingerprint density at radius 3 is 2.38 bits per heavy atom. The lowest BCUT2D eigenvalue weighted by Crippen LogP contribution is -2.43. The first-order chi connectivity index (χ1) is 15.1. The number of nitrogens with one attached hydrogen (secondary N) is 1. The van der Waals surface area contributed by atoms with Crippen LogP contribution >= 0.6 is 0 Å². The summed E-state index contributed by atoms with van der Waals surface area (Å²) in [7, 11) is -3.87. The van der Waals surface area contributed by atoms with Crippen molar-refractivity contribution in [1.29, 1.82) is 0 Å². The Hall–Kier alpha value is -2.78. The van der Waals surface area contributed by atoms with Gasteiger partial charge in [0.15, 0.2) is 0 Å². The van der Waals surface area contributed by atoms with Crippen LogP contribution in [0.15, 0.2) is 47.4 Å². The van der Waals surface area contributed by atoms with E-state index in [0.29, 0.717) is 18.4 Å². The number of hydrogen-bond donors (Lipinski definition) is 1. The highest BCUT2D eigenvalue weighted by Crippen LogP contribution is 2.28. The second-order valence-electron chi connectivity index (χ2n) is 8.21. The SMILES string of the molecule is CCc1ccc(C(C)NC(=O)C2CCN(S(=O)(=O)c3cc([N+](=O)[O-])ccc3C)CC2)cc1. The van der Waals surface area contributed by atoms with Crippen LogP contribution in [-0.2, 0) is 21.2 Å². The Balaban J connectivity index is 1.63. The van der Waals surface area contributed by atoms with Gasteiger partial charge in [-0.15, -0.1) is 0 Å². The fourth-order valence-electron chi connectivity index (χ4n) is 3.93. The van der Waals surface area contributed by atoms with E-state index in [4.69, 9.17) is 0 Å². The highest BCUT2D eigenvalue weighted by Gasteiger charge is 2.34. The molecule has 1 unspecified atom stereocenters. The third-order valence-corrected chi connectivity index (χ3v) is 8.11. The Morgan fingerprint density at radius 2 is 1.81 bits per heavy atom. The van der Waals surface area contributed by atoms with E-state index in [1.165, 1.54) is 22.0 Å². The third kappa shape index (κ3) is 5.16. The van der Waals surface area contributed by atoms with Gasteiger partial charge in [0.05, 0.1) is 15.9 Å². The van der Waals surface area contributed by atoms with E-state index in [0.717, 1.165) is 18.1 Å². The summed E-state index contributed by atoms with van der Waals surface area (Å²) in [6.45, 7) is 6.03. The van der Waals surface area contributed by atoms with Gasteiger partial charge in [-0.2, -0.15) is 4.31 Å².